The molecule has 184 valence electrons. The zero-order valence-corrected chi connectivity index (χ0v) is 21.5. The minimum absolute atomic E-state index is 0.0478. The summed E-state index contributed by atoms with van der Waals surface area (Å²) in [7, 11) is 1.54. The van der Waals surface area contributed by atoms with E-state index in [-0.39, 0.29) is 23.5 Å². The number of methoxy groups -OCH3 is 1. The van der Waals surface area contributed by atoms with E-state index in [1.807, 2.05) is 6.92 Å². The summed E-state index contributed by atoms with van der Waals surface area (Å²) in [5, 5.41) is 11.3. The van der Waals surface area contributed by atoms with Gasteiger partial charge in [-0.25, -0.2) is 4.79 Å². The van der Waals surface area contributed by atoms with Gasteiger partial charge >= 0.3 is 5.97 Å². The van der Waals surface area contributed by atoms with Gasteiger partial charge in [0, 0.05) is 15.7 Å². The van der Waals surface area contributed by atoms with Crippen LogP contribution in [-0.4, -0.2) is 36.5 Å². The first-order valence-electron chi connectivity index (χ1n) is 11.3. The average Bonchev–Trinajstić information content (AvgIpc) is 3.15. The average molecular weight is 550 g/mol. The summed E-state index contributed by atoms with van der Waals surface area (Å²) in [4.78, 5) is 40.4. The van der Waals surface area contributed by atoms with Crippen molar-refractivity contribution in [3.63, 3.8) is 0 Å². The standard InChI is InChI=1S/C28H24BrNO6/c1-4-36-28(34)19-6-5-7-20(15-19)30-24(17-8-11-21(35-3)12-9-17)23(26(32)27(30)33)25(31)18-10-13-22(29)16(2)14-18/h5-15,24,31H,4H2,1-3H3/b25-23+. The molecule has 0 saturated carbocycles. The Morgan fingerprint density at radius 1 is 1.03 bits per heavy atom. The number of aryl methyl sites for hydroxylation is 1. The van der Waals surface area contributed by atoms with Gasteiger partial charge in [0.15, 0.2) is 0 Å². The number of Topliss-reactive ketones (excluding diaryl/α,β-unsaturated/α-hetero) is 1. The number of benzene rings is 3. The second-order valence-electron chi connectivity index (χ2n) is 8.18. The van der Waals surface area contributed by atoms with Gasteiger partial charge in [-0.3, -0.25) is 14.5 Å². The molecule has 1 aliphatic rings. The Balaban J connectivity index is 1.91. The highest BCUT2D eigenvalue weighted by Crippen LogP contribution is 2.43. The quantitative estimate of drug-likeness (QED) is 0.187. The van der Waals surface area contributed by atoms with Crippen LogP contribution in [0, 0.1) is 6.92 Å². The lowest BCUT2D eigenvalue weighted by Gasteiger charge is -2.26. The number of rotatable bonds is 6. The van der Waals surface area contributed by atoms with E-state index in [1.54, 1.807) is 67.6 Å². The zero-order valence-electron chi connectivity index (χ0n) is 19.9. The maximum Gasteiger partial charge on any atom is 0.338 e. The number of hydrogen-bond donors (Lipinski definition) is 1. The van der Waals surface area contributed by atoms with Crippen LogP contribution in [0.2, 0.25) is 0 Å². The summed E-state index contributed by atoms with van der Waals surface area (Å²) >= 11 is 3.44. The van der Waals surface area contributed by atoms with Crippen LogP contribution < -0.4 is 9.64 Å². The Hall–Kier alpha value is -3.91. The molecule has 1 aliphatic heterocycles. The van der Waals surface area contributed by atoms with Crippen molar-refractivity contribution in [3.8, 4) is 5.75 Å². The molecule has 1 saturated heterocycles. The van der Waals surface area contributed by atoms with Crippen molar-refractivity contribution in [1.82, 2.24) is 0 Å². The summed E-state index contributed by atoms with van der Waals surface area (Å²) in [6.07, 6.45) is 0. The van der Waals surface area contributed by atoms with E-state index in [1.165, 1.54) is 18.1 Å². The number of nitrogens with zero attached hydrogens (tertiary/aromatic N) is 1. The van der Waals surface area contributed by atoms with E-state index >= 15 is 0 Å². The van der Waals surface area contributed by atoms with E-state index in [9.17, 15) is 19.5 Å². The molecular weight excluding hydrogens is 526 g/mol. The molecule has 1 unspecified atom stereocenters. The number of carbonyl (C=O) groups is 3. The number of ether oxygens (including phenoxy) is 2. The van der Waals surface area contributed by atoms with Crippen LogP contribution in [0.1, 0.15) is 40.0 Å². The molecule has 1 N–H and O–H groups in total. The molecule has 36 heavy (non-hydrogen) atoms. The molecule has 1 amide bonds. The third-order valence-corrected chi connectivity index (χ3v) is 6.83. The first-order valence-corrected chi connectivity index (χ1v) is 12.0. The van der Waals surface area contributed by atoms with E-state index in [4.69, 9.17) is 9.47 Å². The number of ketones is 1. The second kappa shape index (κ2) is 10.4. The van der Waals surface area contributed by atoms with Crippen molar-refractivity contribution in [3.05, 3.63) is 99.0 Å². The lowest BCUT2D eigenvalue weighted by Crippen LogP contribution is -2.29. The first kappa shape index (κ1) is 25.2. The highest BCUT2D eigenvalue weighted by atomic mass is 79.9. The zero-order chi connectivity index (χ0) is 26.0. The van der Waals surface area contributed by atoms with Gasteiger partial charge in [-0.05, 0) is 67.4 Å². The van der Waals surface area contributed by atoms with Crippen molar-refractivity contribution in [2.45, 2.75) is 19.9 Å². The van der Waals surface area contributed by atoms with Gasteiger partial charge < -0.3 is 14.6 Å². The molecule has 0 bridgehead atoms. The molecule has 8 heteroatoms. The second-order valence-corrected chi connectivity index (χ2v) is 9.03. The highest BCUT2D eigenvalue weighted by Gasteiger charge is 2.47. The number of anilines is 1. The third-order valence-electron chi connectivity index (χ3n) is 5.94. The molecule has 1 atom stereocenters. The fraction of sp³-hybridized carbons (Fsp3) is 0.179. The van der Waals surface area contributed by atoms with E-state index in [0.29, 0.717) is 22.6 Å². The predicted octanol–water partition coefficient (Wildman–Crippen LogP) is 5.57. The molecule has 1 heterocycles. The minimum Gasteiger partial charge on any atom is -0.507 e. The molecule has 3 aromatic rings. The van der Waals surface area contributed by atoms with Gasteiger partial charge in [0.25, 0.3) is 11.7 Å². The van der Waals surface area contributed by atoms with Gasteiger partial charge in [-0.15, -0.1) is 0 Å². The molecular formula is C28H24BrNO6. The summed E-state index contributed by atoms with van der Waals surface area (Å²) in [5.41, 5.74) is 2.38. The van der Waals surface area contributed by atoms with Gasteiger partial charge in [0.2, 0.25) is 0 Å². The van der Waals surface area contributed by atoms with Crippen molar-refractivity contribution in [1.29, 1.82) is 0 Å². The third kappa shape index (κ3) is 4.64. The van der Waals surface area contributed by atoms with Gasteiger partial charge in [0.1, 0.15) is 11.5 Å². The fourth-order valence-electron chi connectivity index (χ4n) is 4.15. The van der Waals surface area contributed by atoms with E-state index < -0.39 is 23.7 Å². The summed E-state index contributed by atoms with van der Waals surface area (Å²) in [6.45, 7) is 3.77. The van der Waals surface area contributed by atoms with Gasteiger partial charge in [0.05, 0.1) is 30.9 Å². The Bertz CT molecular complexity index is 1380. The molecule has 4 rings (SSSR count). The molecule has 0 aliphatic carbocycles. The topological polar surface area (TPSA) is 93.1 Å². The number of aliphatic hydroxyl groups is 1. The van der Waals surface area contributed by atoms with Crippen molar-refractivity contribution in [2.24, 2.45) is 0 Å². The monoisotopic (exact) mass is 549 g/mol. The lowest BCUT2D eigenvalue weighted by atomic mass is 9.94. The van der Waals surface area contributed by atoms with Crippen LogP contribution in [0.15, 0.2) is 76.8 Å². The van der Waals surface area contributed by atoms with Crippen LogP contribution in [0.5, 0.6) is 5.75 Å². The molecule has 0 aromatic heterocycles. The van der Waals surface area contributed by atoms with Crippen LogP contribution in [0.3, 0.4) is 0 Å². The Kier molecular flexibility index (Phi) is 7.26. The molecule has 0 radical (unpaired) electrons. The Morgan fingerprint density at radius 2 is 1.75 bits per heavy atom. The highest BCUT2D eigenvalue weighted by molar-refractivity contribution is 9.10. The van der Waals surface area contributed by atoms with Crippen molar-refractivity contribution < 1.29 is 29.0 Å². The fourth-order valence-corrected chi connectivity index (χ4v) is 4.39. The summed E-state index contributed by atoms with van der Waals surface area (Å²) in [6, 6.07) is 17.5. The summed E-state index contributed by atoms with van der Waals surface area (Å²) in [5.74, 6) is -1.86. The van der Waals surface area contributed by atoms with E-state index in [2.05, 4.69) is 15.9 Å². The largest absolute Gasteiger partial charge is 0.507 e. The maximum absolute atomic E-state index is 13.4. The smallest absolute Gasteiger partial charge is 0.338 e. The van der Waals surface area contributed by atoms with Crippen molar-refractivity contribution in [2.75, 3.05) is 18.6 Å². The van der Waals surface area contributed by atoms with Crippen molar-refractivity contribution >= 4 is 45.0 Å². The number of amides is 1. The normalized spacial score (nSPS) is 16.8. The number of aliphatic hydroxyl groups excluding tert-OH is 1. The van der Waals surface area contributed by atoms with Crippen LogP contribution >= 0.6 is 15.9 Å². The molecule has 3 aromatic carbocycles. The van der Waals surface area contributed by atoms with Gasteiger partial charge in [-0.2, -0.15) is 0 Å². The van der Waals surface area contributed by atoms with E-state index in [0.717, 1.165) is 10.0 Å². The number of esters is 1. The number of carbonyl (C=O) groups excluding carboxylic acids is 3. The first-order chi connectivity index (χ1) is 17.3. The van der Waals surface area contributed by atoms with Gasteiger partial charge in [-0.1, -0.05) is 40.2 Å². The minimum atomic E-state index is -0.933. The maximum atomic E-state index is 13.4. The van der Waals surface area contributed by atoms with Crippen LogP contribution in [0.4, 0.5) is 5.69 Å². The SMILES string of the molecule is CCOC(=O)c1cccc(N2C(=O)C(=O)/C(=C(/O)c3ccc(Br)c(C)c3)C2c2ccc(OC)cc2)c1. The Labute approximate surface area is 217 Å². The lowest BCUT2D eigenvalue weighted by molar-refractivity contribution is -0.132. The van der Waals surface area contributed by atoms with Crippen LogP contribution in [-0.2, 0) is 14.3 Å². The molecule has 0 spiro atoms. The Morgan fingerprint density at radius 3 is 2.39 bits per heavy atom. The number of halogens is 1. The number of hydrogen-bond acceptors (Lipinski definition) is 6. The summed E-state index contributed by atoms with van der Waals surface area (Å²) < 4.78 is 11.2. The molecule has 1 fully saturated rings. The predicted molar refractivity (Wildman–Crippen MR) is 139 cm³/mol. The molecule has 7 nitrogen and oxygen atoms in total. The van der Waals surface area contributed by atoms with Crippen LogP contribution in [0.25, 0.3) is 5.76 Å².